The number of nitrogens with zero attached hydrogens (tertiary/aromatic N) is 2. The molecular weight excluding hydrogens is 355 g/mol. The molecule has 1 aliphatic carbocycles. The molecule has 0 aliphatic heterocycles. The molecule has 0 radical (unpaired) electrons. The first-order valence-electron chi connectivity index (χ1n) is 9.71. The van der Waals surface area contributed by atoms with E-state index in [9.17, 15) is 9.18 Å². The molecule has 0 spiro atoms. The van der Waals surface area contributed by atoms with Crippen molar-refractivity contribution in [2.75, 3.05) is 5.32 Å². The molecule has 0 bridgehead atoms. The summed E-state index contributed by atoms with van der Waals surface area (Å²) < 4.78 is 15.4. The highest BCUT2D eigenvalue weighted by molar-refractivity contribution is 5.92. The van der Waals surface area contributed by atoms with Gasteiger partial charge in [0.1, 0.15) is 11.6 Å². The van der Waals surface area contributed by atoms with Crippen LogP contribution in [0.3, 0.4) is 0 Å². The van der Waals surface area contributed by atoms with E-state index >= 15 is 0 Å². The van der Waals surface area contributed by atoms with Crippen LogP contribution in [0.4, 0.5) is 10.1 Å². The number of nitrogens with two attached hydrogens (primary N) is 1. The topological polar surface area (TPSA) is 72.9 Å². The van der Waals surface area contributed by atoms with Gasteiger partial charge in [0.2, 0.25) is 5.91 Å². The van der Waals surface area contributed by atoms with E-state index in [0.717, 1.165) is 47.4 Å². The van der Waals surface area contributed by atoms with Crippen molar-refractivity contribution in [1.29, 1.82) is 0 Å². The van der Waals surface area contributed by atoms with Crippen LogP contribution in [-0.2, 0) is 11.8 Å². The number of carbonyl (C=O) groups is 1. The fourth-order valence-corrected chi connectivity index (χ4v) is 4.13. The predicted octanol–water partition coefficient (Wildman–Crippen LogP) is 4.14. The van der Waals surface area contributed by atoms with Crippen LogP contribution in [-0.4, -0.2) is 21.5 Å². The molecule has 146 valence electrons. The summed E-state index contributed by atoms with van der Waals surface area (Å²) in [5, 5.41) is 3.01. The van der Waals surface area contributed by atoms with Crippen LogP contribution in [0.25, 0.3) is 22.4 Å². The molecule has 2 aromatic carbocycles. The summed E-state index contributed by atoms with van der Waals surface area (Å²) in [6, 6.07) is 10.6. The van der Waals surface area contributed by atoms with Crippen molar-refractivity contribution >= 4 is 22.6 Å². The lowest BCUT2D eigenvalue weighted by Gasteiger charge is -2.16. The fourth-order valence-electron chi connectivity index (χ4n) is 4.13. The van der Waals surface area contributed by atoms with Crippen molar-refractivity contribution in [3.05, 3.63) is 47.8 Å². The van der Waals surface area contributed by atoms with E-state index in [1.54, 1.807) is 6.07 Å². The number of hydrogen-bond acceptors (Lipinski definition) is 3. The lowest BCUT2D eigenvalue weighted by molar-refractivity contribution is -0.117. The number of imidazole rings is 1. The van der Waals surface area contributed by atoms with Crippen molar-refractivity contribution in [2.24, 2.45) is 18.7 Å². The van der Waals surface area contributed by atoms with E-state index in [1.807, 2.05) is 36.7 Å². The number of hydrogen-bond donors (Lipinski definition) is 2. The molecule has 1 saturated carbocycles. The molecule has 1 aromatic heterocycles. The zero-order chi connectivity index (χ0) is 19.8. The third-order valence-corrected chi connectivity index (χ3v) is 5.77. The molecule has 2 atom stereocenters. The molecule has 1 aliphatic rings. The number of aryl methyl sites for hydroxylation is 2. The number of halogens is 1. The van der Waals surface area contributed by atoms with Crippen LogP contribution in [0.1, 0.15) is 31.2 Å². The van der Waals surface area contributed by atoms with E-state index in [0.29, 0.717) is 11.9 Å². The molecule has 3 N–H and O–H groups in total. The van der Waals surface area contributed by atoms with Gasteiger partial charge < -0.3 is 15.6 Å². The Morgan fingerprint density at radius 3 is 2.82 bits per heavy atom. The third-order valence-electron chi connectivity index (χ3n) is 5.77. The van der Waals surface area contributed by atoms with E-state index < -0.39 is 0 Å². The zero-order valence-corrected chi connectivity index (χ0v) is 16.2. The number of rotatable bonds is 4. The Kier molecular flexibility index (Phi) is 4.89. The SMILES string of the molecule is Cc1cc(-c2nc3cc(F)ccc3n2C)ccc1NC(=O)C[C@@H]1CCC[C@H]1N. The smallest absolute Gasteiger partial charge is 0.224 e. The summed E-state index contributed by atoms with van der Waals surface area (Å²) in [6.45, 7) is 1.96. The van der Waals surface area contributed by atoms with Crippen LogP contribution in [0.5, 0.6) is 0 Å². The van der Waals surface area contributed by atoms with Crippen LogP contribution in [0.15, 0.2) is 36.4 Å². The van der Waals surface area contributed by atoms with Crippen LogP contribution < -0.4 is 11.1 Å². The van der Waals surface area contributed by atoms with Gasteiger partial charge in [-0.3, -0.25) is 4.79 Å². The van der Waals surface area contributed by atoms with E-state index in [1.165, 1.54) is 12.1 Å². The quantitative estimate of drug-likeness (QED) is 0.714. The number of fused-ring (bicyclic) bond motifs is 1. The molecule has 6 heteroatoms. The predicted molar refractivity (Wildman–Crippen MR) is 109 cm³/mol. The summed E-state index contributed by atoms with van der Waals surface area (Å²) >= 11 is 0. The first kappa shape index (κ1) is 18.6. The average Bonchev–Trinajstić information content (AvgIpc) is 3.20. The number of amides is 1. The molecule has 3 aromatic rings. The molecule has 5 nitrogen and oxygen atoms in total. The van der Waals surface area contributed by atoms with Crippen LogP contribution in [0.2, 0.25) is 0 Å². The maximum absolute atomic E-state index is 13.5. The molecule has 4 rings (SSSR count). The summed E-state index contributed by atoms with van der Waals surface area (Å²) in [5.74, 6) is 0.753. The van der Waals surface area contributed by atoms with Gasteiger partial charge in [0.25, 0.3) is 0 Å². The highest BCUT2D eigenvalue weighted by Gasteiger charge is 2.26. The second-order valence-corrected chi connectivity index (χ2v) is 7.76. The van der Waals surface area contributed by atoms with Gasteiger partial charge in [0.05, 0.1) is 11.0 Å². The maximum Gasteiger partial charge on any atom is 0.224 e. The molecule has 1 amide bonds. The van der Waals surface area contributed by atoms with Gasteiger partial charge >= 0.3 is 0 Å². The fraction of sp³-hybridized carbons (Fsp3) is 0.364. The standard InChI is InChI=1S/C22H25FN4O/c1-13-10-15(22-26-19-12-16(23)7-9-20(19)27(22)2)6-8-18(13)25-21(28)11-14-4-3-5-17(14)24/h6-10,12,14,17H,3-5,11,24H2,1-2H3,(H,25,28)/t14-,17+/m0/s1. The normalized spacial score (nSPS) is 19.3. The maximum atomic E-state index is 13.5. The monoisotopic (exact) mass is 380 g/mol. The average molecular weight is 380 g/mol. The van der Waals surface area contributed by atoms with Crippen LogP contribution in [0, 0.1) is 18.7 Å². The minimum atomic E-state index is -0.298. The number of anilines is 1. The first-order valence-corrected chi connectivity index (χ1v) is 9.71. The Morgan fingerprint density at radius 1 is 1.29 bits per heavy atom. The van der Waals surface area contributed by atoms with Crippen molar-refractivity contribution in [1.82, 2.24) is 9.55 Å². The minimum absolute atomic E-state index is 0.0106. The van der Waals surface area contributed by atoms with Gasteiger partial charge in [-0.05, 0) is 61.6 Å². The Hall–Kier alpha value is -2.73. The molecule has 1 fully saturated rings. The molecule has 28 heavy (non-hydrogen) atoms. The van der Waals surface area contributed by atoms with Crippen molar-refractivity contribution in [3.8, 4) is 11.4 Å². The second-order valence-electron chi connectivity index (χ2n) is 7.76. The summed E-state index contributed by atoms with van der Waals surface area (Å²) in [6.07, 6.45) is 3.61. The Morgan fingerprint density at radius 2 is 2.11 bits per heavy atom. The molecule has 1 heterocycles. The minimum Gasteiger partial charge on any atom is -0.327 e. The number of aromatic nitrogens is 2. The first-order chi connectivity index (χ1) is 13.4. The molecular formula is C22H25FN4O. The van der Waals surface area contributed by atoms with E-state index in [-0.39, 0.29) is 23.7 Å². The third kappa shape index (κ3) is 3.52. The van der Waals surface area contributed by atoms with Crippen molar-refractivity contribution in [2.45, 2.75) is 38.6 Å². The number of benzene rings is 2. The Balaban J connectivity index is 1.55. The molecule has 0 saturated heterocycles. The second kappa shape index (κ2) is 7.36. The lowest BCUT2D eigenvalue weighted by Crippen LogP contribution is -2.28. The Labute approximate surface area is 163 Å². The van der Waals surface area contributed by atoms with Gasteiger partial charge in [-0.25, -0.2) is 9.37 Å². The summed E-state index contributed by atoms with van der Waals surface area (Å²) in [7, 11) is 1.92. The van der Waals surface area contributed by atoms with Gasteiger partial charge in [0, 0.05) is 36.8 Å². The van der Waals surface area contributed by atoms with Crippen molar-refractivity contribution < 1.29 is 9.18 Å². The number of nitrogens with one attached hydrogen (secondary N) is 1. The molecule has 0 unspecified atom stereocenters. The number of carbonyl (C=O) groups excluding carboxylic acids is 1. The van der Waals surface area contributed by atoms with Gasteiger partial charge in [-0.15, -0.1) is 0 Å². The summed E-state index contributed by atoms with van der Waals surface area (Å²) in [4.78, 5) is 17.0. The van der Waals surface area contributed by atoms with Gasteiger partial charge in [0.15, 0.2) is 0 Å². The highest BCUT2D eigenvalue weighted by Crippen LogP contribution is 2.29. The van der Waals surface area contributed by atoms with Crippen LogP contribution >= 0.6 is 0 Å². The van der Waals surface area contributed by atoms with E-state index in [2.05, 4.69) is 10.3 Å². The summed E-state index contributed by atoms with van der Waals surface area (Å²) in [5.41, 5.74) is 10.3. The van der Waals surface area contributed by atoms with E-state index in [4.69, 9.17) is 5.73 Å². The lowest BCUT2D eigenvalue weighted by atomic mass is 9.99. The zero-order valence-electron chi connectivity index (χ0n) is 16.2. The largest absolute Gasteiger partial charge is 0.327 e. The highest BCUT2D eigenvalue weighted by atomic mass is 19.1. The van der Waals surface area contributed by atoms with Crippen molar-refractivity contribution in [3.63, 3.8) is 0 Å². The van der Waals surface area contributed by atoms with Gasteiger partial charge in [-0.1, -0.05) is 6.42 Å². The van der Waals surface area contributed by atoms with Gasteiger partial charge in [-0.2, -0.15) is 0 Å². The Bertz CT molecular complexity index is 1040.